The van der Waals surface area contributed by atoms with E-state index in [0.717, 1.165) is 0 Å². The van der Waals surface area contributed by atoms with Gasteiger partial charge in [-0.3, -0.25) is 4.79 Å². The number of aromatic nitrogens is 1. The molecule has 0 radical (unpaired) electrons. The lowest BCUT2D eigenvalue weighted by molar-refractivity contribution is 0.101. The molecule has 0 aliphatic heterocycles. The molecule has 0 bridgehead atoms. The van der Waals surface area contributed by atoms with E-state index < -0.39 is 0 Å². The van der Waals surface area contributed by atoms with Gasteiger partial charge in [0.15, 0.2) is 5.78 Å². The number of methoxy groups -OCH3 is 2. The molecule has 0 fully saturated rings. The SMILES string of the molecule is COc1ccc(OC)c2nc(Cl)c(C(C)=O)cc12. The Morgan fingerprint density at radius 3 is 2.39 bits per heavy atom. The molecule has 0 amide bonds. The van der Waals surface area contributed by atoms with Crippen molar-refractivity contribution < 1.29 is 14.3 Å². The summed E-state index contributed by atoms with van der Waals surface area (Å²) in [4.78, 5) is 15.7. The number of hydrogen-bond acceptors (Lipinski definition) is 4. The molecular formula is C13H12ClNO3. The number of carbonyl (C=O) groups excluding carboxylic acids is 1. The molecule has 0 saturated carbocycles. The summed E-state index contributed by atoms with van der Waals surface area (Å²) in [5.41, 5.74) is 0.947. The van der Waals surface area contributed by atoms with Gasteiger partial charge in [-0.05, 0) is 25.1 Å². The Bertz CT molecular complexity index is 625. The second kappa shape index (κ2) is 4.82. The molecule has 2 rings (SSSR count). The molecule has 18 heavy (non-hydrogen) atoms. The van der Waals surface area contributed by atoms with Gasteiger partial charge in [0.05, 0.1) is 19.8 Å². The van der Waals surface area contributed by atoms with Crippen molar-refractivity contribution in [3.8, 4) is 11.5 Å². The monoisotopic (exact) mass is 265 g/mol. The number of ether oxygens (including phenoxy) is 2. The standard InChI is InChI=1S/C13H12ClNO3/c1-7(16)8-6-9-10(17-2)4-5-11(18-3)12(9)15-13(8)14/h4-6H,1-3H3. The van der Waals surface area contributed by atoms with Gasteiger partial charge in [-0.2, -0.15) is 0 Å². The highest BCUT2D eigenvalue weighted by atomic mass is 35.5. The van der Waals surface area contributed by atoms with Crippen LogP contribution in [0.25, 0.3) is 10.9 Å². The molecule has 0 aliphatic rings. The number of carbonyl (C=O) groups is 1. The minimum Gasteiger partial charge on any atom is -0.496 e. The molecular weight excluding hydrogens is 254 g/mol. The van der Waals surface area contributed by atoms with Crippen LogP contribution in [0, 0.1) is 0 Å². The van der Waals surface area contributed by atoms with Crippen LogP contribution in [0.1, 0.15) is 17.3 Å². The number of halogens is 1. The summed E-state index contributed by atoms with van der Waals surface area (Å²) in [5, 5.41) is 0.869. The maximum Gasteiger partial charge on any atom is 0.162 e. The maximum atomic E-state index is 11.5. The molecule has 0 saturated heterocycles. The van der Waals surface area contributed by atoms with Crippen molar-refractivity contribution in [3.63, 3.8) is 0 Å². The van der Waals surface area contributed by atoms with Gasteiger partial charge in [0.25, 0.3) is 0 Å². The first-order valence-electron chi connectivity index (χ1n) is 5.30. The van der Waals surface area contributed by atoms with Gasteiger partial charge in [0, 0.05) is 5.39 Å². The molecule has 5 heteroatoms. The van der Waals surface area contributed by atoms with Gasteiger partial charge < -0.3 is 9.47 Å². The summed E-state index contributed by atoms with van der Waals surface area (Å²) in [6.07, 6.45) is 0. The van der Waals surface area contributed by atoms with Crippen molar-refractivity contribution in [2.24, 2.45) is 0 Å². The molecule has 0 N–H and O–H groups in total. The van der Waals surface area contributed by atoms with Crippen LogP contribution >= 0.6 is 11.6 Å². The first-order chi connectivity index (χ1) is 8.58. The Balaban J connectivity index is 2.85. The third-order valence-electron chi connectivity index (χ3n) is 2.68. The van der Waals surface area contributed by atoms with Crippen LogP contribution in [-0.4, -0.2) is 25.0 Å². The van der Waals surface area contributed by atoms with Crippen molar-refractivity contribution in [2.75, 3.05) is 14.2 Å². The number of ketones is 1. The lowest BCUT2D eigenvalue weighted by Crippen LogP contribution is -1.98. The number of Topliss-reactive ketones (excluding diaryl/α,β-unsaturated/α-hetero) is 1. The van der Waals surface area contributed by atoms with E-state index >= 15 is 0 Å². The van der Waals surface area contributed by atoms with Gasteiger partial charge in [0.1, 0.15) is 22.2 Å². The first-order valence-corrected chi connectivity index (χ1v) is 5.68. The highest BCUT2D eigenvalue weighted by Gasteiger charge is 2.14. The lowest BCUT2D eigenvalue weighted by Gasteiger charge is -2.10. The van der Waals surface area contributed by atoms with E-state index in [1.54, 1.807) is 32.4 Å². The minimum atomic E-state index is -0.140. The summed E-state index contributed by atoms with van der Waals surface area (Å²) in [5.74, 6) is 1.07. The molecule has 1 heterocycles. The van der Waals surface area contributed by atoms with Gasteiger partial charge in [-0.1, -0.05) is 11.6 Å². The molecule has 1 aromatic carbocycles. The number of fused-ring (bicyclic) bond motifs is 1. The van der Waals surface area contributed by atoms with E-state index in [2.05, 4.69) is 4.98 Å². The summed E-state index contributed by atoms with van der Waals surface area (Å²) in [6, 6.07) is 5.19. The van der Waals surface area contributed by atoms with E-state index in [9.17, 15) is 4.79 Å². The molecule has 2 aromatic rings. The zero-order valence-corrected chi connectivity index (χ0v) is 11.0. The lowest BCUT2D eigenvalue weighted by atomic mass is 10.1. The molecule has 0 atom stereocenters. The average Bonchev–Trinajstić information content (AvgIpc) is 2.36. The van der Waals surface area contributed by atoms with E-state index in [-0.39, 0.29) is 10.9 Å². The Hall–Kier alpha value is -1.81. The van der Waals surface area contributed by atoms with Gasteiger partial charge in [-0.15, -0.1) is 0 Å². The maximum absolute atomic E-state index is 11.5. The third kappa shape index (κ3) is 1.99. The topological polar surface area (TPSA) is 48.4 Å². The summed E-state index contributed by atoms with van der Waals surface area (Å²) in [7, 11) is 3.11. The quantitative estimate of drug-likeness (QED) is 0.632. The number of rotatable bonds is 3. The van der Waals surface area contributed by atoms with Crippen LogP contribution in [0.5, 0.6) is 11.5 Å². The fourth-order valence-corrected chi connectivity index (χ4v) is 2.05. The Labute approximate surface area is 109 Å². The van der Waals surface area contributed by atoms with Crippen molar-refractivity contribution in [2.45, 2.75) is 6.92 Å². The fraction of sp³-hybridized carbons (Fsp3) is 0.231. The van der Waals surface area contributed by atoms with E-state index in [1.807, 2.05) is 0 Å². The smallest absolute Gasteiger partial charge is 0.162 e. The number of hydrogen-bond donors (Lipinski definition) is 0. The van der Waals surface area contributed by atoms with Crippen LogP contribution in [0.4, 0.5) is 0 Å². The van der Waals surface area contributed by atoms with E-state index in [1.165, 1.54) is 6.92 Å². The van der Waals surface area contributed by atoms with Gasteiger partial charge >= 0.3 is 0 Å². The Kier molecular flexibility index (Phi) is 3.39. The predicted molar refractivity (Wildman–Crippen MR) is 69.9 cm³/mol. The molecule has 0 aliphatic carbocycles. The highest BCUT2D eigenvalue weighted by Crippen LogP contribution is 2.34. The Morgan fingerprint density at radius 1 is 1.22 bits per heavy atom. The summed E-state index contributed by atoms with van der Waals surface area (Å²) in [6.45, 7) is 1.45. The average molecular weight is 266 g/mol. The molecule has 0 unspecified atom stereocenters. The fourth-order valence-electron chi connectivity index (χ4n) is 1.78. The van der Waals surface area contributed by atoms with Gasteiger partial charge in [0.2, 0.25) is 0 Å². The normalized spacial score (nSPS) is 10.4. The largest absolute Gasteiger partial charge is 0.496 e. The zero-order valence-electron chi connectivity index (χ0n) is 10.3. The van der Waals surface area contributed by atoms with E-state index in [0.29, 0.717) is 28.0 Å². The number of pyridine rings is 1. The van der Waals surface area contributed by atoms with Crippen molar-refractivity contribution in [1.29, 1.82) is 0 Å². The van der Waals surface area contributed by atoms with Crippen molar-refractivity contribution in [1.82, 2.24) is 4.98 Å². The van der Waals surface area contributed by atoms with Crippen molar-refractivity contribution in [3.05, 3.63) is 28.9 Å². The van der Waals surface area contributed by atoms with Crippen LogP contribution in [-0.2, 0) is 0 Å². The highest BCUT2D eigenvalue weighted by molar-refractivity contribution is 6.33. The second-order valence-electron chi connectivity index (χ2n) is 3.75. The second-order valence-corrected chi connectivity index (χ2v) is 4.11. The molecule has 1 aromatic heterocycles. The number of benzene rings is 1. The molecule has 94 valence electrons. The first kappa shape index (κ1) is 12.6. The predicted octanol–water partition coefficient (Wildman–Crippen LogP) is 3.11. The zero-order chi connectivity index (χ0) is 13.3. The van der Waals surface area contributed by atoms with Crippen LogP contribution in [0.3, 0.4) is 0 Å². The number of nitrogens with zero attached hydrogens (tertiary/aromatic N) is 1. The van der Waals surface area contributed by atoms with Crippen LogP contribution < -0.4 is 9.47 Å². The minimum absolute atomic E-state index is 0.140. The van der Waals surface area contributed by atoms with Crippen molar-refractivity contribution >= 4 is 28.3 Å². The Morgan fingerprint density at radius 2 is 1.83 bits per heavy atom. The van der Waals surface area contributed by atoms with Crippen LogP contribution in [0.15, 0.2) is 18.2 Å². The van der Waals surface area contributed by atoms with Crippen LogP contribution in [0.2, 0.25) is 5.15 Å². The molecule has 0 spiro atoms. The van der Waals surface area contributed by atoms with Gasteiger partial charge in [-0.25, -0.2) is 4.98 Å². The summed E-state index contributed by atoms with van der Waals surface area (Å²) < 4.78 is 10.5. The summed E-state index contributed by atoms with van der Waals surface area (Å²) >= 11 is 5.99. The van der Waals surface area contributed by atoms with E-state index in [4.69, 9.17) is 21.1 Å². The third-order valence-corrected chi connectivity index (χ3v) is 2.97. The molecule has 4 nitrogen and oxygen atoms in total.